The number of carbonyl (C=O) groups is 2. The molecule has 18 heavy (non-hydrogen) atoms. The molecule has 104 valence electrons. The van der Waals surface area contributed by atoms with Gasteiger partial charge in [0, 0.05) is 0 Å². The van der Waals surface area contributed by atoms with Crippen LogP contribution in [0.3, 0.4) is 0 Å². The Labute approximate surface area is 108 Å². The fraction of sp³-hybridized carbons (Fsp3) is 0.846. The minimum absolute atomic E-state index is 0.0643. The quantitative estimate of drug-likeness (QED) is 0.595. The summed E-state index contributed by atoms with van der Waals surface area (Å²) in [4.78, 5) is 22.9. The fourth-order valence-corrected chi connectivity index (χ4v) is 2.06. The molecule has 0 bridgehead atoms. The van der Waals surface area contributed by atoms with E-state index < -0.39 is 0 Å². The molecule has 1 fully saturated rings. The van der Waals surface area contributed by atoms with Gasteiger partial charge >= 0.3 is 11.9 Å². The number of carbonyl (C=O) groups excluding carboxylic acids is 2. The summed E-state index contributed by atoms with van der Waals surface area (Å²) in [7, 11) is 0. The van der Waals surface area contributed by atoms with Gasteiger partial charge in [-0.05, 0) is 38.1 Å². The van der Waals surface area contributed by atoms with Gasteiger partial charge in [-0.15, -0.1) is 0 Å². The Balaban J connectivity index is 2.20. The lowest BCUT2D eigenvalue weighted by atomic mass is 9.82. The van der Waals surface area contributed by atoms with Crippen molar-refractivity contribution in [3.05, 3.63) is 0 Å². The molecule has 0 amide bonds. The van der Waals surface area contributed by atoms with Crippen LogP contribution in [0.4, 0.5) is 0 Å². The SMILES string of the molecule is CC(C)C(=O)OCOC(=O)C1CCC(CN)CC1. The third-order valence-corrected chi connectivity index (χ3v) is 3.39. The van der Waals surface area contributed by atoms with E-state index >= 15 is 0 Å². The molecular formula is C13H23NO4. The number of ether oxygens (including phenoxy) is 2. The maximum atomic E-state index is 11.7. The molecule has 1 rings (SSSR count). The second kappa shape index (κ2) is 7.36. The van der Waals surface area contributed by atoms with Crippen LogP contribution < -0.4 is 5.73 Å². The molecular weight excluding hydrogens is 234 g/mol. The summed E-state index contributed by atoms with van der Waals surface area (Å²) in [6, 6.07) is 0. The molecule has 0 aromatic heterocycles. The van der Waals surface area contributed by atoms with E-state index in [9.17, 15) is 9.59 Å². The van der Waals surface area contributed by atoms with Crippen LogP contribution in [0.5, 0.6) is 0 Å². The van der Waals surface area contributed by atoms with Gasteiger partial charge in [-0.25, -0.2) is 0 Å². The molecule has 5 nitrogen and oxygen atoms in total. The maximum Gasteiger partial charge on any atom is 0.311 e. The third-order valence-electron chi connectivity index (χ3n) is 3.39. The minimum atomic E-state index is -0.352. The van der Waals surface area contributed by atoms with E-state index in [1.165, 1.54) is 0 Å². The fourth-order valence-electron chi connectivity index (χ4n) is 2.06. The zero-order chi connectivity index (χ0) is 13.5. The van der Waals surface area contributed by atoms with E-state index in [1.807, 2.05) is 0 Å². The van der Waals surface area contributed by atoms with E-state index in [2.05, 4.69) is 0 Å². The van der Waals surface area contributed by atoms with Gasteiger partial charge in [0.25, 0.3) is 0 Å². The number of nitrogens with two attached hydrogens (primary N) is 1. The second-order valence-electron chi connectivity index (χ2n) is 5.15. The molecule has 0 saturated heterocycles. The van der Waals surface area contributed by atoms with Gasteiger partial charge in [-0.1, -0.05) is 13.8 Å². The lowest BCUT2D eigenvalue weighted by molar-refractivity contribution is -0.172. The molecule has 2 N–H and O–H groups in total. The monoisotopic (exact) mass is 257 g/mol. The molecule has 1 aliphatic rings. The highest BCUT2D eigenvalue weighted by molar-refractivity contribution is 5.73. The van der Waals surface area contributed by atoms with Crippen molar-refractivity contribution in [1.29, 1.82) is 0 Å². The van der Waals surface area contributed by atoms with Gasteiger partial charge < -0.3 is 15.2 Å². The van der Waals surface area contributed by atoms with Crippen LogP contribution in [-0.4, -0.2) is 25.3 Å². The average molecular weight is 257 g/mol. The highest BCUT2D eigenvalue weighted by Gasteiger charge is 2.26. The molecule has 0 aromatic rings. The minimum Gasteiger partial charge on any atom is -0.428 e. The van der Waals surface area contributed by atoms with Crippen molar-refractivity contribution in [1.82, 2.24) is 0 Å². The number of rotatable bonds is 5. The molecule has 0 radical (unpaired) electrons. The Kier molecular flexibility index (Phi) is 6.12. The summed E-state index contributed by atoms with van der Waals surface area (Å²) in [5.41, 5.74) is 5.59. The molecule has 5 heteroatoms. The summed E-state index contributed by atoms with van der Waals surface area (Å²) >= 11 is 0. The molecule has 1 aliphatic carbocycles. The summed E-state index contributed by atoms with van der Waals surface area (Å²) in [6.07, 6.45) is 3.59. The van der Waals surface area contributed by atoms with Crippen LogP contribution in [0.15, 0.2) is 0 Å². The lowest BCUT2D eigenvalue weighted by Crippen LogP contribution is -2.28. The summed E-state index contributed by atoms with van der Waals surface area (Å²) in [6.45, 7) is 3.89. The third kappa shape index (κ3) is 4.64. The molecule has 0 spiro atoms. The van der Waals surface area contributed by atoms with Crippen LogP contribution in [0.25, 0.3) is 0 Å². The van der Waals surface area contributed by atoms with Crippen LogP contribution >= 0.6 is 0 Å². The van der Waals surface area contributed by atoms with E-state index in [-0.39, 0.29) is 30.6 Å². The second-order valence-corrected chi connectivity index (χ2v) is 5.15. The number of hydrogen-bond acceptors (Lipinski definition) is 5. The van der Waals surface area contributed by atoms with E-state index in [1.54, 1.807) is 13.8 Å². The van der Waals surface area contributed by atoms with Gasteiger partial charge in [0.2, 0.25) is 6.79 Å². The van der Waals surface area contributed by atoms with E-state index in [4.69, 9.17) is 15.2 Å². The van der Waals surface area contributed by atoms with Crippen LogP contribution in [0.2, 0.25) is 0 Å². The Hall–Kier alpha value is -1.10. The number of esters is 2. The first-order valence-corrected chi connectivity index (χ1v) is 6.58. The molecule has 1 saturated carbocycles. The van der Waals surface area contributed by atoms with Gasteiger partial charge in [-0.3, -0.25) is 9.59 Å². The van der Waals surface area contributed by atoms with Gasteiger partial charge in [0.1, 0.15) is 0 Å². The summed E-state index contributed by atoms with van der Waals surface area (Å²) in [5, 5.41) is 0. The molecule has 0 aromatic carbocycles. The maximum absolute atomic E-state index is 11.7. The van der Waals surface area contributed by atoms with Crippen LogP contribution in [0, 0.1) is 17.8 Å². The zero-order valence-electron chi connectivity index (χ0n) is 11.2. The molecule has 0 aliphatic heterocycles. The largest absolute Gasteiger partial charge is 0.428 e. The Morgan fingerprint density at radius 1 is 1.17 bits per heavy atom. The first-order valence-electron chi connectivity index (χ1n) is 6.58. The molecule has 0 atom stereocenters. The topological polar surface area (TPSA) is 78.6 Å². The van der Waals surface area contributed by atoms with Crippen LogP contribution in [0.1, 0.15) is 39.5 Å². The lowest BCUT2D eigenvalue weighted by Gasteiger charge is -2.26. The zero-order valence-corrected chi connectivity index (χ0v) is 11.2. The Morgan fingerprint density at radius 2 is 1.78 bits per heavy atom. The first-order chi connectivity index (χ1) is 8.54. The van der Waals surface area contributed by atoms with Gasteiger partial charge in [0.05, 0.1) is 11.8 Å². The molecule has 0 heterocycles. The predicted molar refractivity (Wildman–Crippen MR) is 66.4 cm³/mol. The van der Waals surface area contributed by atoms with Crippen molar-refractivity contribution in [2.75, 3.05) is 13.3 Å². The van der Waals surface area contributed by atoms with E-state index in [0.717, 1.165) is 25.7 Å². The Morgan fingerprint density at radius 3 is 2.28 bits per heavy atom. The highest BCUT2D eigenvalue weighted by atomic mass is 16.7. The van der Waals surface area contributed by atoms with Crippen molar-refractivity contribution in [3.8, 4) is 0 Å². The molecule has 0 unspecified atom stereocenters. The smallest absolute Gasteiger partial charge is 0.311 e. The van der Waals surface area contributed by atoms with Gasteiger partial charge in [-0.2, -0.15) is 0 Å². The van der Waals surface area contributed by atoms with E-state index in [0.29, 0.717) is 12.5 Å². The van der Waals surface area contributed by atoms with Crippen LogP contribution in [-0.2, 0) is 19.1 Å². The summed E-state index contributed by atoms with van der Waals surface area (Å²) in [5.74, 6) is -0.348. The van der Waals surface area contributed by atoms with Gasteiger partial charge in [0.15, 0.2) is 0 Å². The summed E-state index contributed by atoms with van der Waals surface area (Å²) < 4.78 is 9.76. The van der Waals surface area contributed by atoms with Crippen molar-refractivity contribution in [2.24, 2.45) is 23.5 Å². The van der Waals surface area contributed by atoms with Crippen molar-refractivity contribution >= 4 is 11.9 Å². The standard InChI is InChI=1S/C13H23NO4/c1-9(2)12(15)17-8-18-13(16)11-5-3-10(7-14)4-6-11/h9-11H,3-8,14H2,1-2H3. The van der Waals surface area contributed by atoms with Crippen molar-refractivity contribution in [3.63, 3.8) is 0 Å². The van der Waals surface area contributed by atoms with Crippen molar-refractivity contribution < 1.29 is 19.1 Å². The van der Waals surface area contributed by atoms with Crippen molar-refractivity contribution in [2.45, 2.75) is 39.5 Å². The number of hydrogen-bond donors (Lipinski definition) is 1. The normalized spacial score (nSPS) is 23.8. The predicted octanol–water partition coefficient (Wildman–Crippen LogP) is 1.45. The average Bonchev–Trinajstić information content (AvgIpc) is 2.38. The Bertz CT molecular complexity index is 283. The first kappa shape index (κ1) is 15.0. The highest BCUT2D eigenvalue weighted by Crippen LogP contribution is 2.28.